The fourth-order valence-electron chi connectivity index (χ4n) is 5.54. The third-order valence-electron chi connectivity index (χ3n) is 7.73. The van der Waals surface area contributed by atoms with Crippen molar-refractivity contribution in [3.63, 3.8) is 0 Å². The molecule has 0 aliphatic carbocycles. The lowest BCUT2D eigenvalue weighted by Crippen LogP contribution is -2.38. The minimum Gasteiger partial charge on any atom is -0.497 e. The highest BCUT2D eigenvalue weighted by Crippen LogP contribution is 2.39. The summed E-state index contributed by atoms with van der Waals surface area (Å²) in [5, 5.41) is 1.27. The van der Waals surface area contributed by atoms with E-state index in [1.54, 1.807) is 23.5 Å². The minimum atomic E-state index is -3.49. The second-order valence-electron chi connectivity index (χ2n) is 9.88. The van der Waals surface area contributed by atoms with E-state index in [0.717, 1.165) is 36.3 Å². The molecule has 0 radical (unpaired) electrons. The average Bonchev–Trinajstić information content (AvgIpc) is 3.16. The molecule has 1 aliphatic heterocycles. The van der Waals surface area contributed by atoms with Crippen LogP contribution in [0.4, 0.5) is 0 Å². The minimum absolute atomic E-state index is 0.327. The first-order valence-electron chi connectivity index (χ1n) is 12.6. The molecule has 188 valence electrons. The molecule has 5 rings (SSSR count). The van der Waals surface area contributed by atoms with Crippen LogP contribution in [-0.4, -0.2) is 37.5 Å². The Labute approximate surface area is 214 Å². The van der Waals surface area contributed by atoms with Gasteiger partial charge < -0.3 is 9.30 Å². The second kappa shape index (κ2) is 9.75. The van der Waals surface area contributed by atoms with Crippen LogP contribution in [0, 0.1) is 20.8 Å². The topological polar surface area (TPSA) is 51.5 Å². The molecule has 1 aromatic heterocycles. The van der Waals surface area contributed by atoms with E-state index in [9.17, 15) is 8.42 Å². The Morgan fingerprint density at radius 1 is 0.889 bits per heavy atom. The summed E-state index contributed by atoms with van der Waals surface area (Å²) < 4.78 is 36.2. The van der Waals surface area contributed by atoms with Gasteiger partial charge in [0.05, 0.1) is 12.0 Å². The average molecular weight is 503 g/mol. The van der Waals surface area contributed by atoms with Crippen molar-refractivity contribution in [2.45, 2.75) is 51.0 Å². The van der Waals surface area contributed by atoms with E-state index in [4.69, 9.17) is 4.74 Å². The van der Waals surface area contributed by atoms with Crippen LogP contribution in [0.5, 0.6) is 5.75 Å². The predicted octanol–water partition coefficient (Wildman–Crippen LogP) is 6.19. The SMILES string of the molecule is COc1cccc(Cn2c(C)c(C3CCN(S(=O)(=O)c4ccc(C)c(C)c4)CC3)c3ccccc32)c1. The third kappa shape index (κ3) is 4.44. The fraction of sp³-hybridized carbons (Fsp3) is 0.333. The fourth-order valence-corrected chi connectivity index (χ4v) is 7.09. The molecule has 0 amide bonds. The molecule has 1 aliphatic rings. The second-order valence-corrected chi connectivity index (χ2v) is 11.8. The number of aryl methyl sites for hydroxylation is 2. The summed E-state index contributed by atoms with van der Waals surface area (Å²) in [7, 11) is -1.79. The number of nitrogens with zero attached hydrogens (tertiary/aromatic N) is 2. The number of para-hydroxylation sites is 1. The van der Waals surface area contributed by atoms with Gasteiger partial charge in [0.1, 0.15) is 5.75 Å². The first-order chi connectivity index (χ1) is 17.3. The van der Waals surface area contributed by atoms with Crippen molar-refractivity contribution in [3.05, 3.63) is 94.7 Å². The van der Waals surface area contributed by atoms with Crippen LogP contribution in [0.3, 0.4) is 0 Å². The first kappa shape index (κ1) is 24.6. The highest BCUT2D eigenvalue weighted by Gasteiger charge is 2.32. The van der Waals surface area contributed by atoms with E-state index in [0.29, 0.717) is 23.9 Å². The summed E-state index contributed by atoms with van der Waals surface area (Å²) in [5.41, 5.74) is 7.14. The quantitative estimate of drug-likeness (QED) is 0.316. The summed E-state index contributed by atoms with van der Waals surface area (Å²) in [6.07, 6.45) is 1.64. The Kier molecular flexibility index (Phi) is 6.66. The molecule has 5 nitrogen and oxygen atoms in total. The molecule has 0 N–H and O–H groups in total. The number of fused-ring (bicyclic) bond motifs is 1. The molecule has 36 heavy (non-hydrogen) atoms. The molecule has 1 fully saturated rings. The van der Waals surface area contributed by atoms with Gasteiger partial charge in [-0.1, -0.05) is 36.4 Å². The lowest BCUT2D eigenvalue weighted by Gasteiger charge is -2.32. The van der Waals surface area contributed by atoms with Crippen LogP contribution in [0.25, 0.3) is 10.9 Å². The van der Waals surface area contributed by atoms with Gasteiger partial charge in [-0.3, -0.25) is 0 Å². The highest BCUT2D eigenvalue weighted by atomic mass is 32.2. The Morgan fingerprint density at radius 3 is 2.36 bits per heavy atom. The number of sulfonamides is 1. The molecule has 0 saturated carbocycles. The van der Waals surface area contributed by atoms with Gasteiger partial charge in [-0.05, 0) is 92.1 Å². The van der Waals surface area contributed by atoms with Crippen molar-refractivity contribution in [3.8, 4) is 5.75 Å². The summed E-state index contributed by atoms with van der Waals surface area (Å²) in [4.78, 5) is 0.398. The van der Waals surface area contributed by atoms with Gasteiger partial charge in [-0.25, -0.2) is 8.42 Å². The molecule has 4 aromatic rings. The van der Waals surface area contributed by atoms with Gasteiger partial charge in [0.25, 0.3) is 0 Å². The van der Waals surface area contributed by atoms with E-state index in [2.05, 4.69) is 47.9 Å². The lowest BCUT2D eigenvalue weighted by molar-refractivity contribution is 0.319. The Balaban J connectivity index is 1.42. The Morgan fingerprint density at radius 2 is 1.64 bits per heavy atom. The van der Waals surface area contributed by atoms with Crippen molar-refractivity contribution in [1.82, 2.24) is 8.87 Å². The van der Waals surface area contributed by atoms with E-state index in [1.807, 2.05) is 32.0 Å². The standard InChI is InChI=1S/C30H34N2O3S/c1-21-12-13-27(18-22(21)2)36(33,34)31-16-14-25(15-17-31)30-23(3)32(29-11-6-5-10-28(29)30)20-24-8-7-9-26(19-24)35-4/h5-13,18-19,25H,14-17,20H2,1-4H3. The predicted molar refractivity (Wildman–Crippen MR) is 145 cm³/mol. The summed E-state index contributed by atoms with van der Waals surface area (Å²) in [6, 6.07) is 22.2. The summed E-state index contributed by atoms with van der Waals surface area (Å²) in [6.45, 7) is 8.01. The van der Waals surface area contributed by atoms with Crippen LogP contribution >= 0.6 is 0 Å². The number of methoxy groups -OCH3 is 1. The van der Waals surface area contributed by atoms with Gasteiger partial charge >= 0.3 is 0 Å². The van der Waals surface area contributed by atoms with Crippen molar-refractivity contribution < 1.29 is 13.2 Å². The van der Waals surface area contributed by atoms with Crippen LogP contribution < -0.4 is 4.74 Å². The molecular weight excluding hydrogens is 468 g/mol. The maximum Gasteiger partial charge on any atom is 0.243 e. The molecule has 1 saturated heterocycles. The number of benzene rings is 3. The van der Waals surface area contributed by atoms with Crippen LogP contribution in [0.1, 0.15) is 46.7 Å². The largest absolute Gasteiger partial charge is 0.497 e. The lowest BCUT2D eigenvalue weighted by atomic mass is 9.88. The van der Waals surface area contributed by atoms with Gasteiger partial charge in [-0.2, -0.15) is 4.31 Å². The number of hydrogen-bond donors (Lipinski definition) is 0. The smallest absolute Gasteiger partial charge is 0.243 e. The molecule has 0 bridgehead atoms. The monoisotopic (exact) mass is 502 g/mol. The molecule has 2 heterocycles. The van der Waals surface area contributed by atoms with E-state index in [1.165, 1.54) is 27.7 Å². The zero-order valence-electron chi connectivity index (χ0n) is 21.5. The van der Waals surface area contributed by atoms with Crippen LogP contribution in [0.2, 0.25) is 0 Å². The number of aromatic nitrogens is 1. The number of rotatable bonds is 6. The molecule has 6 heteroatoms. The van der Waals surface area contributed by atoms with Gasteiger partial charge in [0.15, 0.2) is 0 Å². The third-order valence-corrected chi connectivity index (χ3v) is 9.63. The van der Waals surface area contributed by atoms with Crippen LogP contribution in [-0.2, 0) is 16.6 Å². The zero-order chi connectivity index (χ0) is 25.4. The van der Waals surface area contributed by atoms with Gasteiger partial charge in [-0.15, -0.1) is 0 Å². The van der Waals surface area contributed by atoms with Crippen molar-refractivity contribution >= 4 is 20.9 Å². The number of ether oxygens (including phenoxy) is 1. The van der Waals surface area contributed by atoms with Crippen LogP contribution in [0.15, 0.2) is 71.6 Å². The number of hydrogen-bond acceptors (Lipinski definition) is 3. The van der Waals surface area contributed by atoms with Crippen molar-refractivity contribution in [1.29, 1.82) is 0 Å². The Hall–Kier alpha value is -3.09. The summed E-state index contributed by atoms with van der Waals surface area (Å²) in [5.74, 6) is 1.19. The maximum atomic E-state index is 13.3. The molecule has 0 spiro atoms. The normalized spacial score (nSPS) is 15.4. The van der Waals surface area contributed by atoms with E-state index >= 15 is 0 Å². The van der Waals surface area contributed by atoms with E-state index < -0.39 is 10.0 Å². The molecule has 3 aromatic carbocycles. The van der Waals surface area contributed by atoms with Gasteiger partial charge in [0, 0.05) is 36.2 Å². The molecular formula is C30H34N2O3S. The van der Waals surface area contributed by atoms with Gasteiger partial charge in [0.2, 0.25) is 10.0 Å². The van der Waals surface area contributed by atoms with Crippen molar-refractivity contribution in [2.75, 3.05) is 20.2 Å². The zero-order valence-corrected chi connectivity index (χ0v) is 22.3. The maximum absolute atomic E-state index is 13.3. The summed E-state index contributed by atoms with van der Waals surface area (Å²) >= 11 is 0. The number of piperidine rings is 1. The first-order valence-corrected chi connectivity index (χ1v) is 14.0. The van der Waals surface area contributed by atoms with E-state index in [-0.39, 0.29) is 0 Å². The van der Waals surface area contributed by atoms with Crippen molar-refractivity contribution in [2.24, 2.45) is 0 Å². The molecule has 0 atom stereocenters. The highest BCUT2D eigenvalue weighted by molar-refractivity contribution is 7.89. The Bertz CT molecular complexity index is 1510. The molecule has 0 unspecified atom stereocenters.